The minimum Gasteiger partial charge on any atom is -0.482 e. The normalized spacial score (nSPS) is 12.0. The smallest absolute Gasteiger partial charge is 0.336 e. The molecule has 0 aliphatic carbocycles. The summed E-state index contributed by atoms with van der Waals surface area (Å²) in [7, 11) is 1.85. The van der Waals surface area contributed by atoms with Crippen LogP contribution in [0.2, 0.25) is 0 Å². The molecular formula is C21H24FN5O3. The highest BCUT2D eigenvalue weighted by Crippen LogP contribution is 2.33. The Morgan fingerprint density at radius 1 is 1.37 bits per heavy atom. The lowest BCUT2D eigenvalue weighted by Crippen LogP contribution is -2.12. The number of anilines is 1. The van der Waals surface area contributed by atoms with Crippen molar-refractivity contribution < 1.29 is 19.0 Å². The number of benzene rings is 1. The minimum absolute atomic E-state index is 0.162. The molecule has 0 radical (unpaired) electrons. The number of aromatic nitrogens is 3. The van der Waals surface area contributed by atoms with Crippen molar-refractivity contribution in [3.63, 3.8) is 0 Å². The fraction of sp³-hybridized carbons (Fsp3) is 0.286. The number of aromatic carboxylic acids is 1. The molecule has 0 aliphatic rings. The number of hydrogen-bond donors (Lipinski definition) is 3. The predicted octanol–water partition coefficient (Wildman–Crippen LogP) is 3.24. The highest BCUT2D eigenvalue weighted by atomic mass is 19.1. The van der Waals surface area contributed by atoms with E-state index in [0.717, 1.165) is 22.9 Å². The molecule has 1 aromatic carbocycles. The number of nitrogens with two attached hydrogens (primary N) is 1. The third-order valence-electron chi connectivity index (χ3n) is 4.72. The Hall–Kier alpha value is -3.46. The number of ether oxygens (including phenoxy) is 1. The average molecular weight is 413 g/mol. The molecule has 8 nitrogen and oxygen atoms in total. The maximum Gasteiger partial charge on any atom is 0.336 e. The van der Waals surface area contributed by atoms with E-state index in [-0.39, 0.29) is 11.4 Å². The molecule has 2 aromatic heterocycles. The Morgan fingerprint density at radius 3 is 2.80 bits per heavy atom. The monoisotopic (exact) mass is 413 g/mol. The van der Waals surface area contributed by atoms with Crippen molar-refractivity contribution in [2.24, 2.45) is 0 Å². The van der Waals surface area contributed by atoms with Gasteiger partial charge in [-0.2, -0.15) is 5.10 Å². The quantitative estimate of drug-likeness (QED) is 0.519. The maximum absolute atomic E-state index is 13.5. The largest absolute Gasteiger partial charge is 0.482 e. The zero-order chi connectivity index (χ0) is 21.8. The summed E-state index contributed by atoms with van der Waals surface area (Å²) in [4.78, 5) is 15.7. The van der Waals surface area contributed by atoms with Gasteiger partial charge in [-0.25, -0.2) is 14.2 Å². The van der Waals surface area contributed by atoms with Gasteiger partial charge in [-0.15, -0.1) is 0 Å². The molecule has 2 heterocycles. The molecule has 158 valence electrons. The van der Waals surface area contributed by atoms with E-state index in [1.165, 1.54) is 12.1 Å². The summed E-state index contributed by atoms with van der Waals surface area (Å²) >= 11 is 0. The van der Waals surface area contributed by atoms with Crippen molar-refractivity contribution in [1.82, 2.24) is 20.1 Å². The van der Waals surface area contributed by atoms with E-state index in [0.29, 0.717) is 24.4 Å². The highest BCUT2D eigenvalue weighted by molar-refractivity contribution is 5.89. The molecule has 9 heteroatoms. The molecule has 0 fully saturated rings. The zero-order valence-corrected chi connectivity index (χ0v) is 17.0. The van der Waals surface area contributed by atoms with Crippen molar-refractivity contribution >= 4 is 11.8 Å². The molecule has 0 bridgehead atoms. The molecule has 0 spiro atoms. The number of carboxylic acid groups (broad SMARTS) is 1. The molecule has 4 N–H and O–H groups in total. The van der Waals surface area contributed by atoms with Crippen molar-refractivity contribution in [2.75, 3.05) is 12.8 Å². The molecule has 30 heavy (non-hydrogen) atoms. The lowest BCUT2D eigenvalue weighted by atomic mass is 10.0. The first-order valence-electron chi connectivity index (χ1n) is 9.50. The topological polar surface area (TPSA) is 115 Å². The number of pyridine rings is 1. The van der Waals surface area contributed by atoms with Crippen LogP contribution in [-0.4, -0.2) is 32.9 Å². The molecule has 0 amide bonds. The number of nitrogens with one attached hydrogen (secondary N) is 1. The summed E-state index contributed by atoms with van der Waals surface area (Å²) in [6.07, 6.45) is 2.76. The maximum atomic E-state index is 13.5. The number of aryl methyl sites for hydroxylation is 1. The zero-order valence-electron chi connectivity index (χ0n) is 17.0. The van der Waals surface area contributed by atoms with Crippen LogP contribution in [0.1, 0.15) is 41.4 Å². The van der Waals surface area contributed by atoms with Gasteiger partial charge < -0.3 is 20.9 Å². The first kappa shape index (κ1) is 21.3. The van der Waals surface area contributed by atoms with Crippen LogP contribution in [0.5, 0.6) is 5.75 Å². The predicted molar refractivity (Wildman–Crippen MR) is 111 cm³/mol. The SMILES string of the molecule is CCn1ncc(CNC)c1-c1cnc(N)c(O[C@H](C)c2ccc(F)cc2C(=O)O)c1. The Bertz CT molecular complexity index is 1070. The van der Waals surface area contributed by atoms with Gasteiger partial charge in [0.2, 0.25) is 0 Å². The summed E-state index contributed by atoms with van der Waals surface area (Å²) in [6, 6.07) is 5.32. The summed E-state index contributed by atoms with van der Waals surface area (Å²) in [5.74, 6) is -1.39. The third kappa shape index (κ3) is 4.25. The Kier molecular flexibility index (Phi) is 6.31. The second-order valence-corrected chi connectivity index (χ2v) is 6.77. The van der Waals surface area contributed by atoms with Gasteiger partial charge in [0.15, 0.2) is 11.6 Å². The van der Waals surface area contributed by atoms with Gasteiger partial charge in [0.1, 0.15) is 11.9 Å². The van der Waals surface area contributed by atoms with Crippen molar-refractivity contribution in [3.8, 4) is 17.0 Å². The number of halogens is 1. The number of nitrogens with zero attached hydrogens (tertiary/aromatic N) is 3. The number of nitrogen functional groups attached to an aromatic ring is 1. The molecule has 0 saturated carbocycles. The van der Waals surface area contributed by atoms with Crippen molar-refractivity contribution in [1.29, 1.82) is 0 Å². The molecule has 0 aliphatic heterocycles. The van der Waals surface area contributed by atoms with Gasteiger partial charge in [-0.1, -0.05) is 6.07 Å². The highest BCUT2D eigenvalue weighted by Gasteiger charge is 2.20. The third-order valence-corrected chi connectivity index (χ3v) is 4.72. The number of carbonyl (C=O) groups is 1. The second kappa shape index (κ2) is 8.91. The summed E-state index contributed by atoms with van der Waals surface area (Å²) in [5.41, 5.74) is 8.85. The summed E-state index contributed by atoms with van der Waals surface area (Å²) < 4.78 is 21.3. The summed E-state index contributed by atoms with van der Waals surface area (Å²) in [5, 5.41) is 16.9. The van der Waals surface area contributed by atoms with Crippen LogP contribution >= 0.6 is 0 Å². The molecule has 0 unspecified atom stereocenters. The fourth-order valence-corrected chi connectivity index (χ4v) is 3.32. The number of rotatable bonds is 8. The van der Waals surface area contributed by atoms with Gasteiger partial charge in [0.25, 0.3) is 0 Å². The van der Waals surface area contributed by atoms with E-state index in [9.17, 15) is 14.3 Å². The van der Waals surface area contributed by atoms with E-state index >= 15 is 0 Å². The van der Waals surface area contributed by atoms with Gasteiger partial charge >= 0.3 is 5.97 Å². The Morgan fingerprint density at radius 2 is 2.13 bits per heavy atom. The van der Waals surface area contributed by atoms with E-state index in [2.05, 4.69) is 15.4 Å². The van der Waals surface area contributed by atoms with Gasteiger partial charge in [-0.3, -0.25) is 4.68 Å². The van der Waals surface area contributed by atoms with Crippen molar-refractivity contribution in [2.45, 2.75) is 33.0 Å². The first-order valence-corrected chi connectivity index (χ1v) is 9.50. The van der Waals surface area contributed by atoms with Crippen LogP contribution < -0.4 is 15.8 Å². The molecule has 0 saturated heterocycles. The van der Waals surface area contributed by atoms with Crippen LogP contribution in [0, 0.1) is 5.82 Å². The second-order valence-electron chi connectivity index (χ2n) is 6.77. The van der Waals surface area contributed by atoms with E-state index in [4.69, 9.17) is 10.5 Å². The summed E-state index contributed by atoms with van der Waals surface area (Å²) in [6.45, 7) is 4.97. The molecule has 3 aromatic rings. The minimum atomic E-state index is -1.23. The Balaban J connectivity index is 1.98. The van der Waals surface area contributed by atoms with E-state index < -0.39 is 17.9 Å². The fourth-order valence-electron chi connectivity index (χ4n) is 3.32. The van der Waals surface area contributed by atoms with Crippen LogP contribution in [0.4, 0.5) is 10.2 Å². The number of hydrogen-bond acceptors (Lipinski definition) is 6. The van der Waals surface area contributed by atoms with E-state index in [1.807, 2.05) is 18.7 Å². The van der Waals surface area contributed by atoms with Crippen LogP contribution in [0.3, 0.4) is 0 Å². The molecule has 3 rings (SSSR count). The Labute approximate surface area is 173 Å². The van der Waals surface area contributed by atoms with Gasteiger partial charge in [-0.05, 0) is 39.1 Å². The van der Waals surface area contributed by atoms with Crippen LogP contribution in [0.25, 0.3) is 11.3 Å². The molecular weight excluding hydrogens is 389 g/mol. The van der Waals surface area contributed by atoms with Crippen LogP contribution in [-0.2, 0) is 13.1 Å². The number of carboxylic acids is 1. The lowest BCUT2D eigenvalue weighted by Gasteiger charge is -2.19. The lowest BCUT2D eigenvalue weighted by molar-refractivity contribution is 0.0691. The van der Waals surface area contributed by atoms with Gasteiger partial charge in [0, 0.05) is 36.0 Å². The van der Waals surface area contributed by atoms with Gasteiger partial charge in [0.05, 0.1) is 17.5 Å². The average Bonchev–Trinajstić information content (AvgIpc) is 3.12. The molecule has 1 atom stereocenters. The van der Waals surface area contributed by atoms with Crippen molar-refractivity contribution in [3.05, 3.63) is 59.2 Å². The first-order chi connectivity index (χ1) is 14.3. The standard InChI is InChI=1S/C21H24FN5O3/c1-4-27-19(14(9-24-3)11-26-27)13-7-18(20(23)25-10-13)30-12(2)16-6-5-15(22)8-17(16)21(28)29/h5-8,10-12,24H,4,9H2,1-3H3,(H2,23,25)(H,28,29)/t12-/m1/s1. The van der Waals surface area contributed by atoms with Crippen LogP contribution in [0.15, 0.2) is 36.7 Å². The van der Waals surface area contributed by atoms with E-state index in [1.54, 1.807) is 25.4 Å².